The molecular formula is C14H13Cl2KO2. The Morgan fingerprint density at radius 2 is 1.84 bits per heavy atom. The third kappa shape index (κ3) is 3.85. The van der Waals surface area contributed by atoms with Crippen LogP contribution in [0.2, 0.25) is 5.02 Å². The summed E-state index contributed by atoms with van der Waals surface area (Å²) in [4.78, 5) is 10.9. The van der Waals surface area contributed by atoms with Crippen molar-refractivity contribution in [2.45, 2.75) is 13.8 Å². The van der Waals surface area contributed by atoms with Crippen molar-refractivity contribution < 1.29 is 61.3 Å². The van der Waals surface area contributed by atoms with Crippen molar-refractivity contribution >= 4 is 34.2 Å². The minimum absolute atomic E-state index is 0. The van der Waals surface area contributed by atoms with Crippen LogP contribution in [0.4, 0.5) is 0 Å². The van der Waals surface area contributed by atoms with Gasteiger partial charge in [0.25, 0.3) is 0 Å². The molecule has 19 heavy (non-hydrogen) atoms. The van der Waals surface area contributed by atoms with Crippen LogP contribution in [0.25, 0.3) is 5.03 Å². The molecule has 1 aliphatic rings. The van der Waals surface area contributed by atoms with E-state index in [4.69, 9.17) is 23.2 Å². The second-order valence-electron chi connectivity index (χ2n) is 5.17. The molecule has 0 aromatic heterocycles. The average Bonchev–Trinajstić information content (AvgIpc) is 2.81. The van der Waals surface area contributed by atoms with Gasteiger partial charge in [-0.25, -0.2) is 0 Å². The van der Waals surface area contributed by atoms with Crippen LogP contribution < -0.4 is 56.5 Å². The Balaban J connectivity index is 0.00000180. The monoisotopic (exact) mass is 322 g/mol. The van der Waals surface area contributed by atoms with Gasteiger partial charge in [-0.1, -0.05) is 55.3 Å². The molecule has 5 heteroatoms. The van der Waals surface area contributed by atoms with E-state index >= 15 is 0 Å². The van der Waals surface area contributed by atoms with Crippen LogP contribution in [0.5, 0.6) is 0 Å². The molecule has 2 rings (SSSR count). The Labute approximate surface area is 165 Å². The van der Waals surface area contributed by atoms with Crippen LogP contribution in [0.1, 0.15) is 19.4 Å². The second kappa shape index (κ2) is 6.61. The molecule has 2 atom stereocenters. The Morgan fingerprint density at radius 3 is 2.26 bits per heavy atom. The van der Waals surface area contributed by atoms with E-state index in [0.29, 0.717) is 10.1 Å². The first-order valence-electron chi connectivity index (χ1n) is 5.68. The summed E-state index contributed by atoms with van der Waals surface area (Å²) in [6.07, 6.45) is 1.80. The van der Waals surface area contributed by atoms with Crippen LogP contribution >= 0.6 is 23.2 Å². The quantitative estimate of drug-likeness (QED) is 0.732. The Morgan fingerprint density at radius 1 is 1.32 bits per heavy atom. The number of hydrogen-bond acceptors (Lipinski definition) is 2. The zero-order valence-electron chi connectivity index (χ0n) is 11.1. The second-order valence-corrected chi connectivity index (χ2v) is 6.01. The molecule has 1 aliphatic carbocycles. The topological polar surface area (TPSA) is 40.1 Å². The Bertz CT molecular complexity index is 509. The minimum atomic E-state index is -1.01. The molecule has 96 valence electrons. The summed E-state index contributed by atoms with van der Waals surface area (Å²) in [5.41, 5.74) is 0.548. The fourth-order valence-electron chi connectivity index (χ4n) is 2.30. The molecular weight excluding hydrogens is 310 g/mol. The molecule has 0 N–H and O–H groups in total. The van der Waals surface area contributed by atoms with Crippen molar-refractivity contribution in [2.75, 3.05) is 0 Å². The van der Waals surface area contributed by atoms with E-state index in [1.165, 1.54) is 0 Å². The number of benzene rings is 1. The summed E-state index contributed by atoms with van der Waals surface area (Å²) in [6, 6.07) is 7.12. The van der Waals surface area contributed by atoms with Gasteiger partial charge in [0.05, 0.1) is 0 Å². The molecule has 2 unspecified atom stereocenters. The predicted molar refractivity (Wildman–Crippen MR) is 71.1 cm³/mol. The number of carboxylic acid groups (broad SMARTS) is 1. The molecule has 2 nitrogen and oxygen atoms in total. The summed E-state index contributed by atoms with van der Waals surface area (Å²) in [5.74, 6) is -1.55. The van der Waals surface area contributed by atoms with E-state index in [1.54, 1.807) is 18.2 Å². The predicted octanol–water partition coefficient (Wildman–Crippen LogP) is -0.0542. The number of carbonyl (C=O) groups is 1. The third-order valence-electron chi connectivity index (χ3n) is 3.61. The number of rotatable bonds is 3. The van der Waals surface area contributed by atoms with Crippen LogP contribution in [0.3, 0.4) is 0 Å². The summed E-state index contributed by atoms with van der Waals surface area (Å²) in [7, 11) is 0. The van der Waals surface area contributed by atoms with Crippen molar-refractivity contribution in [3.05, 3.63) is 40.9 Å². The Kier molecular flexibility index (Phi) is 6.15. The summed E-state index contributed by atoms with van der Waals surface area (Å²) in [5, 5.41) is 12.1. The number of aliphatic carboxylic acids is 1. The largest absolute Gasteiger partial charge is 1.00 e. The van der Waals surface area contributed by atoms with E-state index in [9.17, 15) is 9.90 Å². The van der Waals surface area contributed by atoms with E-state index in [2.05, 4.69) is 0 Å². The van der Waals surface area contributed by atoms with Crippen LogP contribution in [0, 0.1) is 17.3 Å². The maximum absolute atomic E-state index is 10.9. The van der Waals surface area contributed by atoms with E-state index in [1.807, 2.05) is 26.0 Å². The van der Waals surface area contributed by atoms with Crippen molar-refractivity contribution in [3.63, 3.8) is 0 Å². The zero-order chi connectivity index (χ0) is 13.5. The third-order valence-corrected chi connectivity index (χ3v) is 4.21. The number of carbonyl (C=O) groups excluding carboxylic acids is 1. The van der Waals surface area contributed by atoms with Gasteiger partial charge in [0.15, 0.2) is 0 Å². The molecule has 0 amide bonds. The summed E-state index contributed by atoms with van der Waals surface area (Å²) < 4.78 is 0. The maximum atomic E-state index is 10.9. The molecule has 1 aromatic rings. The zero-order valence-corrected chi connectivity index (χ0v) is 15.7. The smallest absolute Gasteiger partial charge is 0.550 e. The fraction of sp³-hybridized carbons (Fsp3) is 0.357. The van der Waals surface area contributed by atoms with Crippen LogP contribution in [0.15, 0.2) is 30.3 Å². The number of carboxylic acids is 1. The normalized spacial score (nSPS) is 24.5. The van der Waals surface area contributed by atoms with E-state index < -0.39 is 11.9 Å². The fourth-order valence-corrected chi connectivity index (χ4v) is 2.69. The molecule has 0 aliphatic heterocycles. The van der Waals surface area contributed by atoms with Crippen molar-refractivity contribution in [1.29, 1.82) is 0 Å². The number of hydrogen-bond donors (Lipinski definition) is 0. The van der Waals surface area contributed by atoms with E-state index in [0.717, 1.165) is 5.56 Å². The summed E-state index contributed by atoms with van der Waals surface area (Å²) >= 11 is 12.0. The van der Waals surface area contributed by atoms with Crippen LogP contribution in [-0.4, -0.2) is 5.97 Å². The van der Waals surface area contributed by atoms with Gasteiger partial charge in [0.1, 0.15) is 0 Å². The molecule has 0 bridgehead atoms. The summed E-state index contributed by atoms with van der Waals surface area (Å²) in [6.45, 7) is 3.81. The first kappa shape index (κ1) is 17.7. The first-order valence-corrected chi connectivity index (χ1v) is 6.43. The molecule has 0 spiro atoms. The molecule has 1 aromatic carbocycles. The van der Waals surface area contributed by atoms with Gasteiger partial charge < -0.3 is 9.90 Å². The SMILES string of the molecule is CC1(C)C(C=C(Cl)c2ccc(Cl)cc2)C1C(=O)[O-].[K+]. The van der Waals surface area contributed by atoms with Crippen molar-refractivity contribution in [1.82, 2.24) is 0 Å². The van der Waals surface area contributed by atoms with Gasteiger partial charge in [-0.15, -0.1) is 0 Å². The van der Waals surface area contributed by atoms with Crippen LogP contribution in [-0.2, 0) is 4.79 Å². The first-order chi connectivity index (χ1) is 8.34. The molecule has 1 fully saturated rings. The van der Waals surface area contributed by atoms with Gasteiger partial charge in [-0.05, 0) is 29.0 Å². The Hall–Kier alpha value is 0.646. The van der Waals surface area contributed by atoms with Gasteiger partial charge in [0.2, 0.25) is 0 Å². The van der Waals surface area contributed by atoms with Gasteiger partial charge in [-0.2, -0.15) is 0 Å². The van der Waals surface area contributed by atoms with E-state index in [-0.39, 0.29) is 62.7 Å². The van der Waals surface area contributed by atoms with Crippen molar-refractivity contribution in [2.24, 2.45) is 17.3 Å². The number of allylic oxidation sites excluding steroid dienone is 1. The van der Waals surface area contributed by atoms with Crippen molar-refractivity contribution in [3.8, 4) is 0 Å². The maximum Gasteiger partial charge on any atom is 1.00 e. The van der Waals surface area contributed by atoms with Gasteiger partial charge in [0, 0.05) is 21.9 Å². The minimum Gasteiger partial charge on any atom is -0.550 e. The molecule has 0 saturated heterocycles. The standard InChI is InChI=1S/C14H14Cl2O2.K/c1-14(2)10(12(14)13(17)18)7-11(16)8-3-5-9(15)6-4-8;/h3-7,10,12H,1-2H3,(H,17,18);/q;+1/p-1. The van der Waals surface area contributed by atoms with Gasteiger partial charge >= 0.3 is 51.4 Å². The van der Waals surface area contributed by atoms with Gasteiger partial charge in [-0.3, -0.25) is 0 Å². The molecule has 0 heterocycles. The molecule has 0 radical (unpaired) electrons. The number of halogens is 2. The molecule has 1 saturated carbocycles. The average molecular weight is 323 g/mol.